The second kappa shape index (κ2) is 8.45. The Kier molecular flexibility index (Phi) is 6.35. The average molecular weight is 491 g/mol. The number of rotatable bonds is 4. The van der Waals surface area contributed by atoms with Gasteiger partial charge in [0.2, 0.25) is 15.9 Å². The van der Waals surface area contributed by atoms with Crippen LogP contribution in [0.2, 0.25) is 0 Å². The molecule has 5 nitrogen and oxygen atoms in total. The molecular weight excluding hydrogens is 473 g/mol. The molecule has 156 valence electrons. The van der Waals surface area contributed by atoms with Crippen LogP contribution in [0.4, 0.5) is 18.9 Å². The van der Waals surface area contributed by atoms with Crippen molar-refractivity contribution in [3.63, 3.8) is 0 Å². The number of hydrogen-bond donors (Lipinski definition) is 1. The minimum absolute atomic E-state index is 0.0665. The van der Waals surface area contributed by atoms with Crippen LogP contribution < -0.4 is 5.32 Å². The molecule has 0 bridgehead atoms. The Morgan fingerprint density at radius 3 is 2.28 bits per heavy atom. The highest BCUT2D eigenvalue weighted by Crippen LogP contribution is 2.32. The van der Waals surface area contributed by atoms with E-state index in [4.69, 9.17) is 0 Å². The van der Waals surface area contributed by atoms with Crippen LogP contribution in [0.5, 0.6) is 0 Å². The summed E-state index contributed by atoms with van der Waals surface area (Å²) >= 11 is 3.31. The standard InChI is InChI=1S/C19H18BrF3N2O3S/c20-15-4-6-16(7-5-15)24-18(26)13-8-10-25(11-9-13)29(27,28)17-3-1-2-14(12-17)19(21,22)23/h1-7,12-13H,8-11H2,(H,24,26). The van der Waals surface area contributed by atoms with Crippen molar-refractivity contribution in [1.82, 2.24) is 4.31 Å². The number of carbonyl (C=O) groups excluding carboxylic acids is 1. The third kappa shape index (κ3) is 5.18. The Morgan fingerprint density at radius 1 is 1.07 bits per heavy atom. The molecule has 1 aliphatic rings. The molecule has 1 heterocycles. The molecule has 0 atom stereocenters. The topological polar surface area (TPSA) is 66.5 Å². The number of nitrogens with one attached hydrogen (secondary N) is 1. The molecular formula is C19H18BrF3N2O3S. The molecule has 0 unspecified atom stereocenters. The first-order valence-electron chi connectivity index (χ1n) is 8.81. The fraction of sp³-hybridized carbons (Fsp3) is 0.316. The molecule has 29 heavy (non-hydrogen) atoms. The number of halogens is 4. The van der Waals surface area contributed by atoms with E-state index in [0.717, 1.165) is 27.0 Å². The quantitative estimate of drug-likeness (QED) is 0.685. The van der Waals surface area contributed by atoms with Gasteiger partial charge in [0, 0.05) is 29.2 Å². The number of sulfonamides is 1. The van der Waals surface area contributed by atoms with E-state index in [1.807, 2.05) is 0 Å². The largest absolute Gasteiger partial charge is 0.416 e. The van der Waals surface area contributed by atoms with Crippen molar-refractivity contribution in [2.75, 3.05) is 18.4 Å². The monoisotopic (exact) mass is 490 g/mol. The fourth-order valence-electron chi connectivity index (χ4n) is 3.12. The molecule has 0 aliphatic carbocycles. The second-order valence-corrected chi connectivity index (χ2v) is 9.55. The summed E-state index contributed by atoms with van der Waals surface area (Å²) < 4.78 is 66.1. The summed E-state index contributed by atoms with van der Waals surface area (Å²) in [6.45, 7) is 0.133. The van der Waals surface area contributed by atoms with Gasteiger partial charge in [-0.2, -0.15) is 17.5 Å². The van der Waals surface area contributed by atoms with Crippen molar-refractivity contribution in [3.05, 3.63) is 58.6 Å². The highest BCUT2D eigenvalue weighted by molar-refractivity contribution is 9.10. The van der Waals surface area contributed by atoms with Crippen molar-refractivity contribution < 1.29 is 26.4 Å². The number of nitrogens with zero attached hydrogens (tertiary/aromatic N) is 1. The van der Waals surface area contributed by atoms with Crippen LogP contribution in [0.3, 0.4) is 0 Å². The Balaban J connectivity index is 1.65. The van der Waals surface area contributed by atoms with Crippen LogP contribution in [0.15, 0.2) is 57.9 Å². The van der Waals surface area contributed by atoms with E-state index in [1.165, 1.54) is 0 Å². The Bertz CT molecular complexity index is 987. The molecule has 1 amide bonds. The van der Waals surface area contributed by atoms with E-state index in [-0.39, 0.29) is 24.9 Å². The summed E-state index contributed by atoms with van der Waals surface area (Å²) in [6, 6.07) is 10.8. The summed E-state index contributed by atoms with van der Waals surface area (Å²) in [4.78, 5) is 12.0. The van der Waals surface area contributed by atoms with Crippen molar-refractivity contribution in [2.24, 2.45) is 5.92 Å². The zero-order valence-electron chi connectivity index (χ0n) is 15.1. The zero-order chi connectivity index (χ0) is 21.2. The molecule has 2 aromatic carbocycles. The summed E-state index contributed by atoms with van der Waals surface area (Å²) in [5, 5.41) is 2.80. The first-order valence-corrected chi connectivity index (χ1v) is 11.0. The Morgan fingerprint density at radius 2 is 1.69 bits per heavy atom. The molecule has 10 heteroatoms. The van der Waals surface area contributed by atoms with Gasteiger partial charge in [-0.3, -0.25) is 4.79 Å². The lowest BCUT2D eigenvalue weighted by atomic mass is 9.97. The van der Waals surface area contributed by atoms with Gasteiger partial charge in [-0.25, -0.2) is 8.42 Å². The van der Waals surface area contributed by atoms with Crippen LogP contribution in [-0.4, -0.2) is 31.7 Å². The van der Waals surface area contributed by atoms with E-state index in [2.05, 4.69) is 21.2 Å². The van der Waals surface area contributed by atoms with Crippen LogP contribution in [0.25, 0.3) is 0 Å². The number of alkyl halides is 3. The molecule has 0 radical (unpaired) electrons. The lowest BCUT2D eigenvalue weighted by Gasteiger charge is -2.30. The second-order valence-electron chi connectivity index (χ2n) is 6.70. The van der Waals surface area contributed by atoms with Crippen molar-refractivity contribution >= 4 is 37.5 Å². The van der Waals surface area contributed by atoms with Crippen molar-refractivity contribution in [2.45, 2.75) is 23.9 Å². The van der Waals surface area contributed by atoms with Gasteiger partial charge in [0.1, 0.15) is 0 Å². The molecule has 1 fully saturated rings. The van der Waals surface area contributed by atoms with Gasteiger partial charge >= 0.3 is 6.18 Å². The van der Waals surface area contributed by atoms with Crippen LogP contribution in [0, 0.1) is 5.92 Å². The summed E-state index contributed by atoms with van der Waals surface area (Å²) in [6.07, 6.45) is -4.04. The number of amides is 1. The van der Waals surface area contributed by atoms with E-state index in [1.54, 1.807) is 24.3 Å². The van der Waals surface area contributed by atoms with Gasteiger partial charge in [-0.1, -0.05) is 22.0 Å². The minimum atomic E-state index is -4.62. The maximum atomic E-state index is 12.9. The minimum Gasteiger partial charge on any atom is -0.326 e. The maximum absolute atomic E-state index is 12.9. The summed E-state index contributed by atoms with van der Waals surface area (Å²) in [5.74, 6) is -0.574. The first-order chi connectivity index (χ1) is 13.6. The number of anilines is 1. The van der Waals surface area contributed by atoms with Gasteiger partial charge in [0.05, 0.1) is 10.5 Å². The maximum Gasteiger partial charge on any atom is 0.416 e. The predicted molar refractivity (Wildman–Crippen MR) is 106 cm³/mol. The number of benzene rings is 2. The van der Waals surface area contributed by atoms with Crippen LogP contribution >= 0.6 is 15.9 Å². The Hall–Kier alpha value is -1.91. The van der Waals surface area contributed by atoms with Gasteiger partial charge in [0.15, 0.2) is 0 Å². The third-order valence-electron chi connectivity index (χ3n) is 4.74. The number of carbonyl (C=O) groups is 1. The van der Waals surface area contributed by atoms with E-state index in [0.29, 0.717) is 24.6 Å². The van der Waals surface area contributed by atoms with Gasteiger partial charge in [0.25, 0.3) is 0 Å². The van der Waals surface area contributed by atoms with Gasteiger partial charge < -0.3 is 5.32 Å². The fourth-order valence-corrected chi connectivity index (χ4v) is 4.90. The predicted octanol–water partition coefficient (Wildman–Crippen LogP) is 4.51. The van der Waals surface area contributed by atoms with Crippen LogP contribution in [0.1, 0.15) is 18.4 Å². The SMILES string of the molecule is O=C(Nc1ccc(Br)cc1)C1CCN(S(=O)(=O)c2cccc(C(F)(F)F)c2)CC1. The van der Waals surface area contributed by atoms with Crippen molar-refractivity contribution in [1.29, 1.82) is 0 Å². The lowest BCUT2D eigenvalue weighted by molar-refractivity contribution is -0.137. The van der Waals surface area contributed by atoms with Gasteiger partial charge in [-0.05, 0) is 55.3 Å². The highest BCUT2D eigenvalue weighted by Gasteiger charge is 2.35. The molecule has 0 saturated carbocycles. The zero-order valence-corrected chi connectivity index (χ0v) is 17.5. The molecule has 2 aromatic rings. The highest BCUT2D eigenvalue weighted by atomic mass is 79.9. The third-order valence-corrected chi connectivity index (χ3v) is 7.16. The number of piperidine rings is 1. The van der Waals surface area contributed by atoms with Crippen molar-refractivity contribution in [3.8, 4) is 0 Å². The lowest BCUT2D eigenvalue weighted by Crippen LogP contribution is -2.41. The normalized spacial score (nSPS) is 16.6. The summed E-state index contributed by atoms with van der Waals surface area (Å²) in [7, 11) is -4.06. The molecule has 0 aromatic heterocycles. The molecule has 0 spiro atoms. The molecule has 1 N–H and O–H groups in total. The van der Waals surface area contributed by atoms with Gasteiger partial charge in [-0.15, -0.1) is 0 Å². The average Bonchev–Trinajstić information content (AvgIpc) is 2.69. The van der Waals surface area contributed by atoms with E-state index in [9.17, 15) is 26.4 Å². The molecule has 1 aliphatic heterocycles. The van der Waals surface area contributed by atoms with Crippen LogP contribution in [-0.2, 0) is 21.0 Å². The number of hydrogen-bond acceptors (Lipinski definition) is 3. The molecule has 3 rings (SSSR count). The van der Waals surface area contributed by atoms with E-state index >= 15 is 0 Å². The Labute approximate surface area is 175 Å². The smallest absolute Gasteiger partial charge is 0.326 e. The van der Waals surface area contributed by atoms with E-state index < -0.39 is 26.7 Å². The molecule has 1 saturated heterocycles. The summed E-state index contributed by atoms with van der Waals surface area (Å²) in [5.41, 5.74) is -0.375. The first kappa shape index (κ1) is 21.8.